The number of aryl methyl sites for hydroxylation is 1. The normalized spacial score (nSPS) is 13.7. The van der Waals surface area contributed by atoms with E-state index in [1.54, 1.807) is 24.3 Å². The van der Waals surface area contributed by atoms with Crippen molar-refractivity contribution in [1.82, 2.24) is 15.2 Å². The number of urea groups is 1. The Morgan fingerprint density at radius 2 is 1.60 bits per heavy atom. The maximum Gasteiger partial charge on any atom is 0.323 e. The molecule has 4 rings (SSSR count). The smallest absolute Gasteiger partial charge is 0.323 e. The molecule has 3 aromatic rings. The highest BCUT2D eigenvalue weighted by atomic mass is 16.2. The Hall–Kier alpha value is -4.37. The first kappa shape index (κ1) is 30.6. The van der Waals surface area contributed by atoms with Gasteiger partial charge in [0.2, 0.25) is 0 Å². The van der Waals surface area contributed by atoms with Gasteiger partial charge in [-0.3, -0.25) is 9.59 Å². The molecule has 9 heteroatoms. The lowest BCUT2D eigenvalue weighted by molar-refractivity contribution is -0.110. The Labute approximate surface area is 248 Å². The zero-order chi connectivity index (χ0) is 30.6. The van der Waals surface area contributed by atoms with Gasteiger partial charge in [-0.2, -0.15) is 0 Å². The minimum atomic E-state index is -0.376. The van der Waals surface area contributed by atoms with Gasteiger partial charge in [-0.15, -0.1) is 0 Å². The fourth-order valence-electron chi connectivity index (χ4n) is 5.12. The van der Waals surface area contributed by atoms with Crippen LogP contribution in [0.2, 0.25) is 0 Å². The van der Waals surface area contributed by atoms with Crippen LogP contribution in [-0.2, 0) is 10.2 Å². The minimum Gasteiger partial charge on any atom is -0.358 e. The second-order valence-corrected chi connectivity index (χ2v) is 11.6. The maximum absolute atomic E-state index is 13.0. The fraction of sp³-hybridized carbons (Fsp3) is 0.364. The number of aromatic amines is 1. The number of carbonyl (C=O) groups is 3. The van der Waals surface area contributed by atoms with Crippen LogP contribution in [0.15, 0.2) is 42.5 Å². The Kier molecular flexibility index (Phi) is 9.21. The number of amides is 4. The molecule has 4 amide bonds. The van der Waals surface area contributed by atoms with Crippen LogP contribution >= 0.6 is 0 Å². The van der Waals surface area contributed by atoms with Gasteiger partial charge in [0.15, 0.2) is 0 Å². The summed E-state index contributed by atoms with van der Waals surface area (Å²) in [5.41, 5.74) is 7.10. The summed E-state index contributed by atoms with van der Waals surface area (Å²) < 4.78 is 0. The number of nitrogens with one attached hydrogen (secondary N) is 5. The van der Waals surface area contributed by atoms with Gasteiger partial charge in [0.1, 0.15) is 0 Å². The molecule has 2 heterocycles. The van der Waals surface area contributed by atoms with Crippen LogP contribution in [0, 0.1) is 13.8 Å². The number of fused-ring (bicyclic) bond motifs is 1. The molecule has 1 aromatic heterocycles. The number of aromatic nitrogens is 1. The third-order valence-corrected chi connectivity index (χ3v) is 7.67. The summed E-state index contributed by atoms with van der Waals surface area (Å²) in [4.78, 5) is 44.0. The molecule has 2 aromatic carbocycles. The predicted octanol–water partition coefficient (Wildman–Crippen LogP) is 6.14. The molecule has 5 N–H and O–H groups in total. The third kappa shape index (κ3) is 6.91. The minimum absolute atomic E-state index is 0.0311. The van der Waals surface area contributed by atoms with Crippen molar-refractivity contribution in [2.75, 3.05) is 42.1 Å². The molecule has 0 atom stereocenters. The Morgan fingerprint density at radius 3 is 2.24 bits per heavy atom. The second kappa shape index (κ2) is 12.7. The van der Waals surface area contributed by atoms with Gasteiger partial charge in [0.25, 0.3) is 11.8 Å². The molecule has 0 saturated heterocycles. The van der Waals surface area contributed by atoms with E-state index in [0.29, 0.717) is 40.4 Å². The maximum atomic E-state index is 13.0. The van der Waals surface area contributed by atoms with E-state index in [-0.39, 0.29) is 23.3 Å². The van der Waals surface area contributed by atoms with E-state index >= 15 is 0 Å². The molecule has 0 radical (unpaired) electrons. The molecule has 0 unspecified atom stereocenters. The van der Waals surface area contributed by atoms with Crippen molar-refractivity contribution in [2.24, 2.45) is 0 Å². The van der Waals surface area contributed by atoms with Crippen molar-refractivity contribution in [3.05, 3.63) is 76.1 Å². The van der Waals surface area contributed by atoms with Crippen LogP contribution in [0.1, 0.15) is 73.1 Å². The van der Waals surface area contributed by atoms with E-state index in [1.165, 1.54) is 5.56 Å². The highest BCUT2D eigenvalue weighted by molar-refractivity contribution is 6.35. The van der Waals surface area contributed by atoms with Crippen molar-refractivity contribution >= 4 is 46.6 Å². The SMILES string of the molecule is CCN(CC)CCNC(=O)c1c(C)[nH]c(/C=C2\C(=O)Nc3cc(NC(=O)Nc4ccc(C(C)(C)C)cc4)ccc32)c1C. The summed E-state index contributed by atoms with van der Waals surface area (Å²) in [7, 11) is 0. The average molecular weight is 571 g/mol. The molecule has 1 aliphatic rings. The number of rotatable bonds is 9. The molecule has 0 bridgehead atoms. The number of anilines is 3. The summed E-state index contributed by atoms with van der Waals surface area (Å²) >= 11 is 0. The Bertz CT molecular complexity index is 1510. The van der Waals surface area contributed by atoms with Gasteiger partial charge < -0.3 is 31.2 Å². The molecular formula is C33H42N6O3. The average Bonchev–Trinajstić information content (AvgIpc) is 3.39. The lowest BCUT2D eigenvalue weighted by atomic mass is 9.87. The summed E-state index contributed by atoms with van der Waals surface area (Å²) in [6.07, 6.45) is 1.78. The third-order valence-electron chi connectivity index (χ3n) is 7.67. The first-order valence-electron chi connectivity index (χ1n) is 14.5. The molecule has 1 aliphatic heterocycles. The quantitative estimate of drug-likeness (QED) is 0.199. The van der Waals surface area contributed by atoms with Gasteiger partial charge in [0, 0.05) is 41.4 Å². The number of hydrogen-bond acceptors (Lipinski definition) is 4. The molecule has 0 saturated carbocycles. The first-order valence-corrected chi connectivity index (χ1v) is 14.5. The second-order valence-electron chi connectivity index (χ2n) is 11.6. The standard InChI is InChI=1S/C33H42N6O3/c1-8-39(9-2)17-16-34-31(41)29-20(3)27(35-21(29)4)19-26-25-15-14-24(18-28(25)38-30(26)40)37-32(42)36-23-12-10-22(11-13-23)33(5,6)7/h10-15,18-19,35H,8-9,16-17H2,1-7H3,(H,34,41)(H,38,40)(H2,36,37,42)/b26-19-. The molecule has 0 fully saturated rings. The molecule has 0 spiro atoms. The van der Waals surface area contributed by atoms with E-state index in [9.17, 15) is 14.4 Å². The highest BCUT2D eigenvalue weighted by Crippen LogP contribution is 2.36. The highest BCUT2D eigenvalue weighted by Gasteiger charge is 2.26. The van der Waals surface area contributed by atoms with Gasteiger partial charge in [-0.1, -0.05) is 52.8 Å². The number of likely N-dealkylation sites (N-methyl/N-ethyl adjacent to an activating group) is 1. The summed E-state index contributed by atoms with van der Waals surface area (Å²) in [5, 5.41) is 11.6. The van der Waals surface area contributed by atoms with Crippen LogP contribution in [-0.4, -0.2) is 53.9 Å². The molecule has 222 valence electrons. The number of hydrogen-bond donors (Lipinski definition) is 5. The Balaban J connectivity index is 1.45. The summed E-state index contributed by atoms with van der Waals surface area (Å²) in [6.45, 7) is 17.6. The number of carbonyl (C=O) groups excluding carboxylic acids is 3. The van der Waals surface area contributed by atoms with Crippen LogP contribution in [0.5, 0.6) is 0 Å². The zero-order valence-electron chi connectivity index (χ0n) is 25.6. The van der Waals surface area contributed by atoms with Gasteiger partial charge >= 0.3 is 6.03 Å². The topological polar surface area (TPSA) is 118 Å². The number of nitrogens with zero attached hydrogens (tertiary/aromatic N) is 1. The van der Waals surface area contributed by atoms with Crippen LogP contribution < -0.4 is 21.3 Å². The molecule has 9 nitrogen and oxygen atoms in total. The lowest BCUT2D eigenvalue weighted by Gasteiger charge is -2.19. The molecular weight excluding hydrogens is 528 g/mol. The van der Waals surface area contributed by atoms with Crippen molar-refractivity contribution < 1.29 is 14.4 Å². The number of H-pyrrole nitrogens is 1. The van der Waals surface area contributed by atoms with Crippen molar-refractivity contribution in [2.45, 2.75) is 53.9 Å². The van der Waals surface area contributed by atoms with E-state index in [1.807, 2.05) is 38.1 Å². The summed E-state index contributed by atoms with van der Waals surface area (Å²) in [6, 6.07) is 12.7. The molecule has 42 heavy (non-hydrogen) atoms. The van der Waals surface area contributed by atoms with Crippen molar-refractivity contribution in [3.8, 4) is 0 Å². The monoisotopic (exact) mass is 570 g/mol. The van der Waals surface area contributed by atoms with Crippen molar-refractivity contribution in [3.63, 3.8) is 0 Å². The van der Waals surface area contributed by atoms with Crippen LogP contribution in [0.3, 0.4) is 0 Å². The number of benzene rings is 2. The lowest BCUT2D eigenvalue weighted by Crippen LogP contribution is -2.35. The largest absolute Gasteiger partial charge is 0.358 e. The van der Waals surface area contributed by atoms with E-state index in [2.05, 4.69) is 65.8 Å². The zero-order valence-corrected chi connectivity index (χ0v) is 25.6. The fourth-order valence-corrected chi connectivity index (χ4v) is 5.12. The van der Waals surface area contributed by atoms with Gasteiger partial charge in [-0.05, 0) is 73.8 Å². The van der Waals surface area contributed by atoms with Crippen molar-refractivity contribution in [1.29, 1.82) is 0 Å². The van der Waals surface area contributed by atoms with E-state index < -0.39 is 0 Å². The van der Waals surface area contributed by atoms with Gasteiger partial charge in [-0.25, -0.2) is 4.79 Å². The first-order chi connectivity index (χ1) is 19.9. The van der Waals surface area contributed by atoms with E-state index in [0.717, 1.165) is 36.5 Å². The van der Waals surface area contributed by atoms with Crippen LogP contribution in [0.25, 0.3) is 11.6 Å². The van der Waals surface area contributed by atoms with Crippen LogP contribution in [0.4, 0.5) is 21.9 Å². The molecule has 0 aliphatic carbocycles. The van der Waals surface area contributed by atoms with E-state index in [4.69, 9.17) is 0 Å². The Morgan fingerprint density at radius 1 is 0.952 bits per heavy atom. The predicted molar refractivity (Wildman–Crippen MR) is 171 cm³/mol. The van der Waals surface area contributed by atoms with Gasteiger partial charge in [0.05, 0.1) is 16.8 Å². The summed E-state index contributed by atoms with van der Waals surface area (Å²) in [5.74, 6) is -0.379.